The van der Waals surface area contributed by atoms with Crippen LogP contribution in [-0.4, -0.2) is 55.1 Å². The fourth-order valence-corrected chi connectivity index (χ4v) is 3.33. The van der Waals surface area contributed by atoms with E-state index in [2.05, 4.69) is 24.5 Å². The molecule has 0 spiro atoms. The predicted octanol–water partition coefficient (Wildman–Crippen LogP) is 1.57. The van der Waals surface area contributed by atoms with Gasteiger partial charge in [0, 0.05) is 37.8 Å². The number of hydrogen-bond acceptors (Lipinski definition) is 6. The van der Waals surface area contributed by atoms with Crippen LogP contribution in [-0.2, 0) is 11.3 Å². The van der Waals surface area contributed by atoms with Crippen LogP contribution in [0.2, 0.25) is 0 Å². The van der Waals surface area contributed by atoms with E-state index >= 15 is 0 Å². The lowest BCUT2D eigenvalue weighted by Crippen LogP contribution is -2.51. The summed E-state index contributed by atoms with van der Waals surface area (Å²) in [6, 6.07) is 7.20. The van der Waals surface area contributed by atoms with Gasteiger partial charge in [-0.15, -0.1) is 11.3 Å². The van der Waals surface area contributed by atoms with Crippen molar-refractivity contribution in [2.45, 2.75) is 6.54 Å². The van der Waals surface area contributed by atoms with Crippen LogP contribution in [0.5, 0.6) is 0 Å². The van der Waals surface area contributed by atoms with Crippen molar-refractivity contribution in [3.63, 3.8) is 0 Å². The average Bonchev–Trinajstić information content (AvgIpc) is 3.21. The first-order chi connectivity index (χ1) is 12.2. The Bertz CT molecular complexity index is 722. The van der Waals surface area contributed by atoms with E-state index in [1.165, 1.54) is 7.11 Å². The van der Waals surface area contributed by atoms with Gasteiger partial charge in [-0.3, -0.25) is 0 Å². The molecule has 1 aromatic carbocycles. The van der Waals surface area contributed by atoms with E-state index in [4.69, 9.17) is 5.73 Å². The van der Waals surface area contributed by atoms with E-state index in [1.807, 2.05) is 23.7 Å². The topological polar surface area (TPSA) is 84.0 Å². The third-order valence-corrected chi connectivity index (χ3v) is 4.92. The van der Waals surface area contributed by atoms with Crippen LogP contribution in [0.3, 0.4) is 0 Å². The van der Waals surface area contributed by atoms with Gasteiger partial charge in [-0.05, 0) is 17.7 Å². The molecule has 1 saturated heterocycles. The fraction of sp³-hybridized carbons (Fsp3) is 0.353. The maximum atomic E-state index is 11.4. The Labute approximate surface area is 150 Å². The Morgan fingerprint density at radius 1 is 1.28 bits per heavy atom. The van der Waals surface area contributed by atoms with Crippen LogP contribution in [0.25, 0.3) is 0 Å². The molecule has 8 heteroatoms. The number of esters is 1. The number of anilines is 1. The molecule has 1 aliphatic heterocycles. The van der Waals surface area contributed by atoms with Gasteiger partial charge < -0.3 is 20.3 Å². The summed E-state index contributed by atoms with van der Waals surface area (Å²) in [5.74, 6) is 0.212. The molecule has 2 heterocycles. The highest BCUT2D eigenvalue weighted by Crippen LogP contribution is 2.18. The van der Waals surface area contributed by atoms with Crippen LogP contribution >= 0.6 is 11.3 Å². The average molecular weight is 359 g/mol. The molecule has 0 unspecified atom stereocenters. The van der Waals surface area contributed by atoms with Crippen LogP contribution in [0.4, 0.5) is 5.13 Å². The zero-order valence-electron chi connectivity index (χ0n) is 14.1. The number of nitrogens with zero attached hydrogens (tertiary/aromatic N) is 4. The number of nitrogens with two attached hydrogens (primary N) is 1. The fourth-order valence-electron chi connectivity index (χ4n) is 2.64. The van der Waals surface area contributed by atoms with Crippen molar-refractivity contribution in [1.29, 1.82) is 0 Å². The predicted molar refractivity (Wildman–Crippen MR) is 99.0 cm³/mol. The number of hydrogen-bond donors (Lipinski definition) is 1. The van der Waals surface area contributed by atoms with Crippen LogP contribution in [0.1, 0.15) is 15.9 Å². The summed E-state index contributed by atoms with van der Waals surface area (Å²) in [6.45, 7) is 3.92. The number of ether oxygens (including phenoxy) is 1. The van der Waals surface area contributed by atoms with Gasteiger partial charge in [0.25, 0.3) is 0 Å². The number of rotatable bonds is 4. The third kappa shape index (κ3) is 4.27. The Morgan fingerprint density at radius 2 is 2.00 bits per heavy atom. The van der Waals surface area contributed by atoms with Crippen LogP contribution in [0, 0.1) is 0 Å². The molecule has 2 N–H and O–H groups in total. The number of carbonyl (C=O) groups excluding carboxylic acids is 1. The van der Waals surface area contributed by atoms with Gasteiger partial charge in [-0.1, -0.05) is 12.1 Å². The molecule has 0 radical (unpaired) electrons. The third-order valence-electron chi connectivity index (χ3n) is 4.09. The summed E-state index contributed by atoms with van der Waals surface area (Å²) < 4.78 is 4.69. The molecule has 0 saturated carbocycles. The number of guanidine groups is 1. The first-order valence-electron chi connectivity index (χ1n) is 8.04. The SMILES string of the molecule is COC(=O)c1ccc(CN=C(N)N2CCN(c3nccs3)CC2)cc1. The van der Waals surface area contributed by atoms with Crippen molar-refractivity contribution in [2.24, 2.45) is 10.7 Å². The van der Waals surface area contributed by atoms with Gasteiger partial charge in [-0.2, -0.15) is 0 Å². The Kier molecular flexibility index (Phi) is 5.49. The molecule has 0 aliphatic carbocycles. The van der Waals surface area contributed by atoms with Gasteiger partial charge in [0.05, 0.1) is 19.2 Å². The number of methoxy groups -OCH3 is 1. The first-order valence-corrected chi connectivity index (χ1v) is 8.92. The molecule has 132 valence electrons. The summed E-state index contributed by atoms with van der Waals surface area (Å²) in [5, 5.41) is 3.05. The van der Waals surface area contributed by atoms with Crippen molar-refractivity contribution < 1.29 is 9.53 Å². The second-order valence-corrected chi connectivity index (χ2v) is 6.52. The summed E-state index contributed by atoms with van der Waals surface area (Å²) in [6.07, 6.45) is 1.83. The number of carbonyl (C=O) groups is 1. The monoisotopic (exact) mass is 359 g/mol. The minimum Gasteiger partial charge on any atom is -0.465 e. The molecule has 0 bridgehead atoms. The van der Waals surface area contributed by atoms with Gasteiger partial charge in [-0.25, -0.2) is 14.8 Å². The van der Waals surface area contributed by atoms with Gasteiger partial charge >= 0.3 is 5.97 Å². The molecule has 25 heavy (non-hydrogen) atoms. The summed E-state index contributed by atoms with van der Waals surface area (Å²) >= 11 is 1.65. The van der Waals surface area contributed by atoms with E-state index in [9.17, 15) is 4.79 Å². The second kappa shape index (κ2) is 7.98. The van der Waals surface area contributed by atoms with Gasteiger partial charge in [0.2, 0.25) is 0 Å². The largest absolute Gasteiger partial charge is 0.465 e. The minimum absolute atomic E-state index is 0.340. The smallest absolute Gasteiger partial charge is 0.337 e. The van der Waals surface area contributed by atoms with Gasteiger partial charge in [0.15, 0.2) is 11.1 Å². The molecule has 0 atom stereocenters. The van der Waals surface area contributed by atoms with E-state index in [0.717, 1.165) is 36.9 Å². The molecule has 1 aromatic heterocycles. The van der Waals surface area contributed by atoms with Crippen molar-refractivity contribution in [2.75, 3.05) is 38.2 Å². The summed E-state index contributed by atoms with van der Waals surface area (Å²) in [5.41, 5.74) is 7.66. The van der Waals surface area contributed by atoms with E-state index in [-0.39, 0.29) is 5.97 Å². The highest BCUT2D eigenvalue weighted by molar-refractivity contribution is 7.13. The molecular weight excluding hydrogens is 338 g/mol. The number of piperazine rings is 1. The highest BCUT2D eigenvalue weighted by atomic mass is 32.1. The molecule has 3 rings (SSSR count). The van der Waals surface area contributed by atoms with Crippen molar-refractivity contribution in [1.82, 2.24) is 9.88 Å². The number of aliphatic imine (C=N–C) groups is 1. The second-order valence-electron chi connectivity index (χ2n) is 5.65. The first kappa shape index (κ1) is 17.2. The number of benzene rings is 1. The molecule has 2 aromatic rings. The van der Waals surface area contributed by atoms with E-state index in [1.54, 1.807) is 23.5 Å². The van der Waals surface area contributed by atoms with E-state index in [0.29, 0.717) is 18.1 Å². The lowest BCUT2D eigenvalue weighted by atomic mass is 10.1. The maximum absolute atomic E-state index is 11.4. The molecule has 0 amide bonds. The van der Waals surface area contributed by atoms with E-state index < -0.39 is 0 Å². The van der Waals surface area contributed by atoms with Crippen molar-refractivity contribution in [3.05, 3.63) is 47.0 Å². The van der Waals surface area contributed by atoms with Crippen molar-refractivity contribution in [3.8, 4) is 0 Å². The standard InChI is InChI=1S/C17H21N5O2S/c1-24-15(23)14-4-2-13(3-5-14)12-20-16(18)21-7-9-22(10-8-21)17-19-6-11-25-17/h2-6,11H,7-10,12H2,1H3,(H2,18,20). The summed E-state index contributed by atoms with van der Waals surface area (Å²) in [4.78, 5) is 24.6. The van der Waals surface area contributed by atoms with Crippen LogP contribution in [0.15, 0.2) is 40.8 Å². The van der Waals surface area contributed by atoms with Crippen molar-refractivity contribution >= 4 is 28.4 Å². The Balaban J connectivity index is 1.53. The lowest BCUT2D eigenvalue weighted by Gasteiger charge is -2.35. The van der Waals surface area contributed by atoms with Crippen LogP contribution < -0.4 is 10.6 Å². The highest BCUT2D eigenvalue weighted by Gasteiger charge is 2.19. The maximum Gasteiger partial charge on any atom is 0.337 e. The number of aromatic nitrogens is 1. The molecule has 1 aliphatic rings. The Morgan fingerprint density at radius 3 is 2.60 bits per heavy atom. The quantitative estimate of drug-likeness (QED) is 0.507. The zero-order chi connectivity index (χ0) is 17.6. The Hall–Kier alpha value is -2.61. The summed E-state index contributed by atoms with van der Waals surface area (Å²) in [7, 11) is 1.37. The molecule has 1 fully saturated rings. The normalized spacial score (nSPS) is 15.3. The number of thiazole rings is 1. The van der Waals surface area contributed by atoms with Gasteiger partial charge in [0.1, 0.15) is 0 Å². The lowest BCUT2D eigenvalue weighted by molar-refractivity contribution is 0.0600. The molecule has 7 nitrogen and oxygen atoms in total. The minimum atomic E-state index is -0.340. The zero-order valence-corrected chi connectivity index (χ0v) is 14.9. The molecular formula is C17H21N5O2S.